The molecular weight excluding hydrogens is 272 g/mol. The number of allylic oxidation sites excluding steroid dienone is 2. The molecular formula is C20H34O2. The zero-order valence-electron chi connectivity index (χ0n) is 14.7. The van der Waals surface area contributed by atoms with Gasteiger partial charge in [0.15, 0.2) is 0 Å². The van der Waals surface area contributed by atoms with Gasteiger partial charge in [-0.1, -0.05) is 45.1 Å². The molecule has 126 valence electrons. The number of aliphatic hydroxyl groups excluding tert-OH is 1. The van der Waals surface area contributed by atoms with Gasteiger partial charge in [-0.3, -0.25) is 0 Å². The van der Waals surface area contributed by atoms with E-state index < -0.39 is 5.60 Å². The fourth-order valence-electron chi connectivity index (χ4n) is 5.70. The van der Waals surface area contributed by atoms with E-state index in [4.69, 9.17) is 0 Å². The predicted molar refractivity (Wildman–Crippen MR) is 92.6 cm³/mol. The monoisotopic (exact) mass is 306 g/mol. The smallest absolute Gasteiger partial charge is 0.0653 e. The van der Waals surface area contributed by atoms with Crippen molar-refractivity contribution in [2.75, 3.05) is 6.61 Å². The number of hydrogen-bond acceptors (Lipinski definition) is 2. The Kier molecular flexibility index (Phi) is 4.94. The molecule has 0 aliphatic heterocycles. The van der Waals surface area contributed by atoms with Gasteiger partial charge in [-0.15, -0.1) is 0 Å². The molecule has 2 nitrogen and oxygen atoms in total. The van der Waals surface area contributed by atoms with Crippen LogP contribution in [0.4, 0.5) is 0 Å². The Morgan fingerprint density at radius 2 is 1.91 bits per heavy atom. The molecule has 0 aromatic heterocycles. The zero-order valence-corrected chi connectivity index (χ0v) is 14.7. The van der Waals surface area contributed by atoms with Crippen molar-refractivity contribution in [1.29, 1.82) is 0 Å². The largest absolute Gasteiger partial charge is 0.396 e. The van der Waals surface area contributed by atoms with E-state index in [1.54, 1.807) is 0 Å². The molecule has 5 atom stereocenters. The fourth-order valence-corrected chi connectivity index (χ4v) is 5.70. The van der Waals surface area contributed by atoms with Gasteiger partial charge >= 0.3 is 0 Å². The average molecular weight is 306 g/mol. The topological polar surface area (TPSA) is 40.5 Å². The van der Waals surface area contributed by atoms with E-state index in [1.807, 2.05) is 13.0 Å². The molecule has 0 aromatic carbocycles. The van der Waals surface area contributed by atoms with Crippen molar-refractivity contribution in [3.63, 3.8) is 0 Å². The lowest BCUT2D eigenvalue weighted by Gasteiger charge is -2.61. The quantitative estimate of drug-likeness (QED) is 0.735. The van der Waals surface area contributed by atoms with Crippen molar-refractivity contribution < 1.29 is 10.2 Å². The van der Waals surface area contributed by atoms with Gasteiger partial charge in [0, 0.05) is 6.61 Å². The Hall–Kier alpha value is -0.600. The summed E-state index contributed by atoms with van der Waals surface area (Å²) in [5.41, 5.74) is 0.568. The fraction of sp³-hybridized carbons (Fsp3) is 0.800. The molecule has 2 aliphatic rings. The molecule has 2 saturated carbocycles. The highest BCUT2D eigenvalue weighted by Crippen LogP contribution is 2.62. The molecule has 0 heterocycles. The third-order valence-electron chi connectivity index (χ3n) is 6.99. The second-order valence-corrected chi connectivity index (χ2v) is 8.57. The summed E-state index contributed by atoms with van der Waals surface area (Å²) in [6.07, 6.45) is 8.99. The van der Waals surface area contributed by atoms with Crippen LogP contribution in [0.3, 0.4) is 0 Å². The van der Waals surface area contributed by atoms with Crippen molar-refractivity contribution in [2.45, 2.75) is 71.3 Å². The number of rotatable bonds is 5. The van der Waals surface area contributed by atoms with Gasteiger partial charge in [0.05, 0.1) is 5.60 Å². The molecule has 0 amide bonds. The first-order valence-corrected chi connectivity index (χ1v) is 8.83. The van der Waals surface area contributed by atoms with Crippen molar-refractivity contribution >= 4 is 0 Å². The van der Waals surface area contributed by atoms with Gasteiger partial charge in [-0.05, 0) is 68.1 Å². The molecule has 22 heavy (non-hydrogen) atoms. The van der Waals surface area contributed by atoms with Crippen LogP contribution in [0, 0.1) is 22.7 Å². The standard InChI is InChI=1S/C20H34O2/c1-6-15(2)8-9-17-19(4)12-7-11-18(3,14-21)16(19)10-13-20(17,5)22/h6,16-17,21-22H,1-2,7-14H2,3-5H3/t16-,17+,18+,19-,20+/m0/s1. The maximum Gasteiger partial charge on any atom is 0.0653 e. The first kappa shape index (κ1) is 17.7. The third kappa shape index (κ3) is 2.92. The maximum atomic E-state index is 11.0. The molecule has 2 N–H and O–H groups in total. The van der Waals surface area contributed by atoms with Crippen molar-refractivity contribution in [3.8, 4) is 0 Å². The van der Waals surface area contributed by atoms with Gasteiger partial charge < -0.3 is 10.2 Å². The van der Waals surface area contributed by atoms with E-state index in [1.165, 1.54) is 0 Å². The van der Waals surface area contributed by atoms with Gasteiger partial charge in [0.2, 0.25) is 0 Å². The summed E-state index contributed by atoms with van der Waals surface area (Å²) >= 11 is 0. The van der Waals surface area contributed by atoms with Crippen molar-refractivity contribution in [2.24, 2.45) is 22.7 Å². The summed E-state index contributed by atoms with van der Waals surface area (Å²) in [7, 11) is 0. The average Bonchev–Trinajstić information content (AvgIpc) is 2.45. The highest BCUT2D eigenvalue weighted by molar-refractivity contribution is 5.13. The highest BCUT2D eigenvalue weighted by atomic mass is 16.3. The molecule has 0 radical (unpaired) electrons. The number of fused-ring (bicyclic) bond motifs is 1. The Morgan fingerprint density at radius 3 is 2.50 bits per heavy atom. The summed E-state index contributed by atoms with van der Waals surface area (Å²) in [5, 5.41) is 21.0. The molecule has 0 aromatic rings. The van der Waals surface area contributed by atoms with Gasteiger partial charge in [-0.25, -0.2) is 0 Å². The second-order valence-electron chi connectivity index (χ2n) is 8.57. The first-order valence-electron chi connectivity index (χ1n) is 8.83. The Morgan fingerprint density at radius 1 is 1.23 bits per heavy atom. The maximum absolute atomic E-state index is 11.0. The Balaban J connectivity index is 2.30. The molecule has 2 rings (SSSR count). The second kappa shape index (κ2) is 6.13. The lowest BCUT2D eigenvalue weighted by atomic mass is 9.45. The number of hydrogen-bond donors (Lipinski definition) is 2. The van der Waals surface area contributed by atoms with Crippen molar-refractivity contribution in [1.82, 2.24) is 0 Å². The van der Waals surface area contributed by atoms with Crippen LogP contribution in [0.2, 0.25) is 0 Å². The molecule has 2 heteroatoms. The molecule has 2 fully saturated rings. The summed E-state index contributed by atoms with van der Waals surface area (Å²) in [6, 6.07) is 0. The van der Waals surface area contributed by atoms with Gasteiger partial charge in [0.1, 0.15) is 0 Å². The minimum Gasteiger partial charge on any atom is -0.396 e. The van der Waals surface area contributed by atoms with Gasteiger partial charge in [0.25, 0.3) is 0 Å². The van der Waals surface area contributed by atoms with E-state index in [-0.39, 0.29) is 23.4 Å². The molecule has 0 saturated heterocycles. The van der Waals surface area contributed by atoms with E-state index in [9.17, 15) is 10.2 Å². The lowest BCUT2D eigenvalue weighted by Crippen LogP contribution is -2.58. The van der Waals surface area contributed by atoms with Crippen LogP contribution < -0.4 is 0 Å². The predicted octanol–water partition coefficient (Wildman–Crippen LogP) is 4.47. The Labute approximate surface area is 136 Å². The van der Waals surface area contributed by atoms with Crippen molar-refractivity contribution in [3.05, 3.63) is 24.8 Å². The molecule has 0 bridgehead atoms. The summed E-state index contributed by atoms with van der Waals surface area (Å²) in [6.45, 7) is 14.7. The van der Waals surface area contributed by atoms with Crippen LogP contribution in [0.1, 0.15) is 65.7 Å². The highest BCUT2D eigenvalue weighted by Gasteiger charge is 2.58. The Bertz CT molecular complexity index is 439. The van der Waals surface area contributed by atoms with Gasteiger partial charge in [-0.2, -0.15) is 0 Å². The van der Waals surface area contributed by atoms with E-state index >= 15 is 0 Å². The third-order valence-corrected chi connectivity index (χ3v) is 6.99. The minimum absolute atomic E-state index is 0.0111. The normalized spacial score (nSPS) is 45.1. The summed E-state index contributed by atoms with van der Waals surface area (Å²) in [5.74, 6) is 0.766. The molecule has 0 unspecified atom stereocenters. The van der Waals surface area contributed by atoms with Crippen LogP contribution >= 0.6 is 0 Å². The van der Waals surface area contributed by atoms with E-state index in [2.05, 4.69) is 27.0 Å². The summed E-state index contributed by atoms with van der Waals surface area (Å²) in [4.78, 5) is 0. The van der Waals surface area contributed by atoms with Crippen LogP contribution in [0.15, 0.2) is 24.8 Å². The first-order chi connectivity index (χ1) is 10.2. The van der Waals surface area contributed by atoms with E-state index in [0.717, 1.165) is 50.5 Å². The minimum atomic E-state index is -0.611. The van der Waals surface area contributed by atoms with Crippen LogP contribution in [-0.4, -0.2) is 22.4 Å². The van der Waals surface area contributed by atoms with Crippen LogP contribution in [-0.2, 0) is 0 Å². The van der Waals surface area contributed by atoms with Crippen LogP contribution in [0.25, 0.3) is 0 Å². The number of aliphatic hydroxyl groups is 2. The molecule has 2 aliphatic carbocycles. The van der Waals surface area contributed by atoms with E-state index in [0.29, 0.717) is 5.92 Å². The lowest BCUT2D eigenvalue weighted by molar-refractivity contribution is -0.179. The molecule has 0 spiro atoms. The zero-order chi connectivity index (χ0) is 16.6. The van der Waals surface area contributed by atoms with Crippen LogP contribution in [0.5, 0.6) is 0 Å². The SMILES string of the molecule is C=CC(=C)CC[C@@H]1[C@@]2(C)CCC[C@](C)(CO)[C@@H]2CC[C@@]1(C)O. The summed E-state index contributed by atoms with van der Waals surface area (Å²) < 4.78 is 0.